The van der Waals surface area contributed by atoms with Gasteiger partial charge in [-0.05, 0) is 48.8 Å². The molecule has 156 valence electrons. The van der Waals surface area contributed by atoms with Crippen LogP contribution in [-0.4, -0.2) is 34.1 Å². The molecule has 2 heterocycles. The van der Waals surface area contributed by atoms with Crippen LogP contribution in [-0.2, 0) is 9.59 Å². The lowest BCUT2D eigenvalue weighted by Gasteiger charge is -2.24. The Bertz CT molecular complexity index is 1060. The number of para-hydroxylation sites is 1. The summed E-state index contributed by atoms with van der Waals surface area (Å²) in [5, 5.41) is 6.96. The second-order valence-electron chi connectivity index (χ2n) is 6.86. The normalized spacial score (nSPS) is 16.7. The van der Waals surface area contributed by atoms with E-state index in [1.165, 1.54) is 11.8 Å². The SMILES string of the molecule is CSCC[C@@H](NC(=O)C[C@H]1Sc2ccc(Cl)cc2NC1=O)c1nc2ccccc2s1. The van der Waals surface area contributed by atoms with Crippen molar-refractivity contribution in [2.45, 2.75) is 29.0 Å². The van der Waals surface area contributed by atoms with Crippen LogP contribution < -0.4 is 10.6 Å². The van der Waals surface area contributed by atoms with Crippen LogP contribution in [0.3, 0.4) is 0 Å². The van der Waals surface area contributed by atoms with Crippen molar-refractivity contribution in [2.24, 2.45) is 0 Å². The molecule has 2 N–H and O–H groups in total. The predicted octanol–water partition coefficient (Wildman–Crippen LogP) is 5.36. The van der Waals surface area contributed by atoms with E-state index in [1.807, 2.05) is 36.6 Å². The van der Waals surface area contributed by atoms with E-state index in [2.05, 4.69) is 10.6 Å². The molecule has 0 radical (unpaired) electrons. The molecule has 0 fully saturated rings. The summed E-state index contributed by atoms with van der Waals surface area (Å²) in [5.41, 5.74) is 1.64. The van der Waals surface area contributed by atoms with Crippen LogP contribution in [0.1, 0.15) is 23.9 Å². The number of nitrogens with one attached hydrogen (secondary N) is 2. The van der Waals surface area contributed by atoms with Gasteiger partial charge in [0.25, 0.3) is 0 Å². The fraction of sp³-hybridized carbons (Fsp3) is 0.286. The molecule has 0 bridgehead atoms. The number of amides is 2. The Morgan fingerprint density at radius 2 is 2.17 bits per heavy atom. The maximum atomic E-state index is 12.8. The molecule has 30 heavy (non-hydrogen) atoms. The Balaban J connectivity index is 1.46. The molecule has 2 amide bonds. The number of aromatic nitrogens is 1. The van der Waals surface area contributed by atoms with E-state index >= 15 is 0 Å². The standard InChI is InChI=1S/C21H20ClN3O2S3/c1-28-9-8-14(21-25-13-4-2-3-5-16(13)30-21)23-19(26)11-18-20(27)24-15-10-12(22)6-7-17(15)29-18/h2-7,10,14,18H,8-9,11H2,1H3,(H,23,26)(H,24,27)/t14-,18-/m1/s1. The molecule has 0 saturated carbocycles. The highest BCUT2D eigenvalue weighted by molar-refractivity contribution is 8.01. The minimum Gasteiger partial charge on any atom is -0.347 e. The highest BCUT2D eigenvalue weighted by atomic mass is 35.5. The molecule has 4 rings (SSSR count). The summed E-state index contributed by atoms with van der Waals surface area (Å²) >= 11 is 10.7. The Morgan fingerprint density at radius 1 is 1.33 bits per heavy atom. The Hall–Kier alpha value is -1.74. The number of benzene rings is 2. The van der Waals surface area contributed by atoms with Gasteiger partial charge in [-0.15, -0.1) is 23.1 Å². The number of halogens is 1. The van der Waals surface area contributed by atoms with E-state index in [1.54, 1.807) is 35.2 Å². The first-order chi connectivity index (χ1) is 14.5. The van der Waals surface area contributed by atoms with E-state index in [0.717, 1.165) is 32.3 Å². The lowest BCUT2D eigenvalue weighted by atomic mass is 10.2. The van der Waals surface area contributed by atoms with E-state index in [-0.39, 0.29) is 24.3 Å². The lowest BCUT2D eigenvalue weighted by molar-refractivity contribution is -0.124. The number of hydrogen-bond acceptors (Lipinski definition) is 6. The van der Waals surface area contributed by atoms with Gasteiger partial charge in [0.1, 0.15) is 5.01 Å². The molecule has 0 unspecified atom stereocenters. The minimum absolute atomic E-state index is 0.110. The van der Waals surface area contributed by atoms with Crippen molar-refractivity contribution in [1.82, 2.24) is 10.3 Å². The number of rotatable bonds is 7. The van der Waals surface area contributed by atoms with Crippen LogP contribution >= 0.6 is 46.5 Å². The third-order valence-electron chi connectivity index (χ3n) is 4.69. The number of nitrogens with zero attached hydrogens (tertiary/aromatic N) is 1. The third-order valence-corrected chi connectivity index (χ3v) is 7.99. The Kier molecular flexibility index (Phi) is 6.87. The van der Waals surface area contributed by atoms with E-state index < -0.39 is 5.25 Å². The maximum Gasteiger partial charge on any atom is 0.238 e. The van der Waals surface area contributed by atoms with Gasteiger partial charge in [-0.1, -0.05) is 23.7 Å². The average Bonchev–Trinajstić information content (AvgIpc) is 3.16. The molecule has 1 aliphatic heterocycles. The third kappa shape index (κ3) is 4.94. The average molecular weight is 478 g/mol. The smallest absolute Gasteiger partial charge is 0.238 e. The number of anilines is 1. The molecule has 0 aliphatic carbocycles. The molecular weight excluding hydrogens is 458 g/mol. The molecule has 0 spiro atoms. The van der Waals surface area contributed by atoms with Gasteiger partial charge in [0.05, 0.1) is 27.2 Å². The van der Waals surface area contributed by atoms with Crippen LogP contribution in [0.2, 0.25) is 5.02 Å². The van der Waals surface area contributed by atoms with Crippen LogP contribution in [0.15, 0.2) is 47.4 Å². The number of hydrogen-bond donors (Lipinski definition) is 2. The van der Waals surface area contributed by atoms with Crippen molar-refractivity contribution in [3.05, 3.63) is 52.5 Å². The van der Waals surface area contributed by atoms with Crippen LogP contribution in [0.5, 0.6) is 0 Å². The largest absolute Gasteiger partial charge is 0.347 e. The van der Waals surface area contributed by atoms with Gasteiger partial charge < -0.3 is 10.6 Å². The summed E-state index contributed by atoms with van der Waals surface area (Å²) in [7, 11) is 0. The zero-order chi connectivity index (χ0) is 21.1. The minimum atomic E-state index is -0.477. The van der Waals surface area contributed by atoms with Crippen molar-refractivity contribution >= 4 is 74.2 Å². The molecule has 2 atom stereocenters. The van der Waals surface area contributed by atoms with Gasteiger partial charge in [-0.25, -0.2) is 4.98 Å². The molecule has 1 aromatic heterocycles. The van der Waals surface area contributed by atoms with Crippen molar-refractivity contribution in [3.63, 3.8) is 0 Å². The summed E-state index contributed by atoms with van der Waals surface area (Å²) in [6, 6.07) is 13.2. The number of fused-ring (bicyclic) bond motifs is 2. The first-order valence-corrected chi connectivity index (χ1v) is 12.9. The van der Waals surface area contributed by atoms with E-state index in [4.69, 9.17) is 16.6 Å². The number of carbonyl (C=O) groups is 2. The van der Waals surface area contributed by atoms with Crippen molar-refractivity contribution < 1.29 is 9.59 Å². The van der Waals surface area contributed by atoms with Crippen LogP contribution in [0, 0.1) is 0 Å². The zero-order valence-corrected chi connectivity index (χ0v) is 19.4. The summed E-state index contributed by atoms with van der Waals surface area (Å²) in [5.74, 6) is 0.587. The summed E-state index contributed by atoms with van der Waals surface area (Å²) in [4.78, 5) is 30.9. The van der Waals surface area contributed by atoms with Gasteiger partial charge in [-0.3, -0.25) is 9.59 Å². The molecule has 3 aromatic rings. The molecule has 9 heteroatoms. The molecular formula is C21H20ClN3O2S3. The first-order valence-electron chi connectivity index (χ1n) is 9.44. The molecule has 2 aromatic carbocycles. The van der Waals surface area contributed by atoms with Gasteiger partial charge in [0, 0.05) is 16.3 Å². The zero-order valence-electron chi connectivity index (χ0n) is 16.2. The number of thioether (sulfide) groups is 2. The highest BCUT2D eigenvalue weighted by Gasteiger charge is 2.30. The number of thiazole rings is 1. The molecule has 5 nitrogen and oxygen atoms in total. The highest BCUT2D eigenvalue weighted by Crippen LogP contribution is 2.38. The molecule has 0 saturated heterocycles. The predicted molar refractivity (Wildman–Crippen MR) is 128 cm³/mol. The molecule has 1 aliphatic rings. The summed E-state index contributed by atoms with van der Waals surface area (Å²) in [6.07, 6.45) is 2.95. The summed E-state index contributed by atoms with van der Waals surface area (Å²) < 4.78 is 1.10. The second kappa shape index (κ2) is 9.60. The van der Waals surface area contributed by atoms with E-state index in [0.29, 0.717) is 10.7 Å². The van der Waals surface area contributed by atoms with E-state index in [9.17, 15) is 9.59 Å². The fourth-order valence-corrected chi connectivity index (χ4v) is 6.00. The van der Waals surface area contributed by atoms with Crippen molar-refractivity contribution in [2.75, 3.05) is 17.3 Å². The summed E-state index contributed by atoms with van der Waals surface area (Å²) in [6.45, 7) is 0. The van der Waals surface area contributed by atoms with Gasteiger partial charge in [0.2, 0.25) is 11.8 Å². The maximum absolute atomic E-state index is 12.8. The Labute approximate surface area is 192 Å². The Morgan fingerprint density at radius 3 is 2.97 bits per heavy atom. The van der Waals surface area contributed by atoms with Gasteiger partial charge >= 0.3 is 0 Å². The fourth-order valence-electron chi connectivity index (χ4n) is 3.21. The van der Waals surface area contributed by atoms with Crippen LogP contribution in [0.25, 0.3) is 10.2 Å². The van der Waals surface area contributed by atoms with Gasteiger partial charge in [-0.2, -0.15) is 11.8 Å². The first kappa shape index (κ1) is 21.5. The quantitative estimate of drug-likeness (QED) is 0.479. The van der Waals surface area contributed by atoms with Crippen molar-refractivity contribution in [1.29, 1.82) is 0 Å². The van der Waals surface area contributed by atoms with Crippen molar-refractivity contribution in [3.8, 4) is 0 Å². The van der Waals surface area contributed by atoms with Crippen LogP contribution in [0.4, 0.5) is 5.69 Å². The number of carbonyl (C=O) groups excluding carboxylic acids is 2. The second-order valence-corrected chi connectivity index (χ2v) is 10.6. The monoisotopic (exact) mass is 477 g/mol. The topological polar surface area (TPSA) is 71.1 Å². The van der Waals surface area contributed by atoms with Gasteiger partial charge in [0.15, 0.2) is 0 Å². The lowest BCUT2D eigenvalue weighted by Crippen LogP contribution is -2.36.